The van der Waals surface area contributed by atoms with Gasteiger partial charge in [-0.15, -0.1) is 0 Å². The monoisotopic (exact) mass is 276 g/mol. The first-order valence-corrected chi connectivity index (χ1v) is 6.91. The number of ether oxygens (including phenoxy) is 1. The van der Waals surface area contributed by atoms with Gasteiger partial charge in [0.25, 0.3) is 5.91 Å². The Labute approximate surface area is 118 Å². The highest BCUT2D eigenvalue weighted by molar-refractivity contribution is 5.99. The summed E-state index contributed by atoms with van der Waals surface area (Å²) >= 11 is 0. The van der Waals surface area contributed by atoms with Crippen molar-refractivity contribution in [2.24, 2.45) is 5.92 Å². The molecule has 20 heavy (non-hydrogen) atoms. The quantitative estimate of drug-likeness (QED) is 0.918. The molecule has 1 heterocycles. The van der Waals surface area contributed by atoms with E-state index in [1.807, 2.05) is 13.8 Å². The summed E-state index contributed by atoms with van der Waals surface area (Å²) < 4.78 is 5.35. The van der Waals surface area contributed by atoms with Gasteiger partial charge in [0.2, 0.25) is 5.91 Å². The zero-order valence-electron chi connectivity index (χ0n) is 12.1. The van der Waals surface area contributed by atoms with Gasteiger partial charge in [-0.3, -0.25) is 9.59 Å². The van der Waals surface area contributed by atoms with Gasteiger partial charge in [-0.2, -0.15) is 0 Å². The molecule has 0 saturated heterocycles. The fraction of sp³-hybridized carbons (Fsp3) is 0.467. The molecule has 108 valence electrons. The Hall–Kier alpha value is -2.04. The van der Waals surface area contributed by atoms with Crippen LogP contribution in [-0.2, 0) is 9.59 Å². The number of amides is 2. The van der Waals surface area contributed by atoms with Gasteiger partial charge in [0.1, 0.15) is 5.75 Å². The molecule has 0 aromatic heterocycles. The summed E-state index contributed by atoms with van der Waals surface area (Å²) in [4.78, 5) is 25.2. The molecule has 1 aromatic carbocycles. The van der Waals surface area contributed by atoms with E-state index in [0.717, 1.165) is 12.8 Å². The van der Waals surface area contributed by atoms with Crippen LogP contribution in [0.5, 0.6) is 5.75 Å². The minimum absolute atomic E-state index is 0.0145. The van der Waals surface area contributed by atoms with Crippen molar-refractivity contribution in [3.63, 3.8) is 0 Å². The smallest absolute Gasteiger partial charge is 0.264 e. The largest absolute Gasteiger partial charge is 0.482 e. The van der Waals surface area contributed by atoms with E-state index in [-0.39, 0.29) is 24.3 Å². The van der Waals surface area contributed by atoms with Crippen LogP contribution in [0, 0.1) is 5.92 Å². The second-order valence-corrected chi connectivity index (χ2v) is 4.93. The first kappa shape index (κ1) is 14.4. The summed E-state index contributed by atoms with van der Waals surface area (Å²) in [5.74, 6) is 0.593. The molecule has 1 N–H and O–H groups in total. The predicted molar refractivity (Wildman–Crippen MR) is 78.0 cm³/mol. The lowest BCUT2D eigenvalue weighted by Gasteiger charge is -2.26. The molecule has 0 spiro atoms. The van der Waals surface area contributed by atoms with E-state index in [4.69, 9.17) is 4.74 Å². The molecule has 5 heteroatoms. The van der Waals surface area contributed by atoms with E-state index in [1.54, 1.807) is 30.1 Å². The molecule has 0 aliphatic carbocycles. The normalized spacial score (nSPS) is 14.0. The number of hydrogen-bond donors (Lipinski definition) is 1. The molecule has 2 rings (SSSR count). The summed E-state index contributed by atoms with van der Waals surface area (Å²) in [5, 5.41) is 2.90. The summed E-state index contributed by atoms with van der Waals surface area (Å²) in [7, 11) is 1.70. The minimum Gasteiger partial charge on any atom is -0.482 e. The Kier molecular flexibility index (Phi) is 4.27. The van der Waals surface area contributed by atoms with E-state index in [2.05, 4.69) is 5.32 Å². The molecule has 0 fully saturated rings. The van der Waals surface area contributed by atoms with Crippen LogP contribution >= 0.6 is 0 Å². The Morgan fingerprint density at radius 2 is 2.10 bits per heavy atom. The van der Waals surface area contributed by atoms with Gasteiger partial charge in [0, 0.05) is 18.7 Å². The van der Waals surface area contributed by atoms with E-state index in [1.165, 1.54) is 0 Å². The summed E-state index contributed by atoms with van der Waals surface area (Å²) in [6.45, 7) is 4.06. The molecule has 0 bridgehead atoms. The zero-order chi connectivity index (χ0) is 14.7. The predicted octanol–water partition coefficient (Wildman–Crippen LogP) is 2.42. The molecule has 2 amide bonds. The molecule has 0 radical (unpaired) electrons. The summed E-state index contributed by atoms with van der Waals surface area (Å²) in [6, 6.07) is 5.34. The molecule has 0 unspecified atom stereocenters. The van der Waals surface area contributed by atoms with Crippen LogP contribution in [0.2, 0.25) is 0 Å². The second kappa shape index (κ2) is 5.94. The van der Waals surface area contributed by atoms with E-state index in [9.17, 15) is 9.59 Å². The molecule has 1 aliphatic heterocycles. The van der Waals surface area contributed by atoms with Crippen molar-refractivity contribution < 1.29 is 14.3 Å². The van der Waals surface area contributed by atoms with Gasteiger partial charge < -0.3 is 15.0 Å². The van der Waals surface area contributed by atoms with Gasteiger partial charge in [-0.05, 0) is 31.0 Å². The van der Waals surface area contributed by atoms with Gasteiger partial charge in [0.05, 0.1) is 5.69 Å². The van der Waals surface area contributed by atoms with E-state index in [0.29, 0.717) is 17.1 Å². The van der Waals surface area contributed by atoms with Crippen LogP contribution < -0.4 is 15.0 Å². The molecule has 5 nitrogen and oxygen atoms in total. The standard InChI is InChI=1S/C15H20N2O3/c1-4-10(5-2)15(19)16-11-6-7-13-12(8-11)17(3)14(18)9-20-13/h6-8,10H,4-5,9H2,1-3H3,(H,16,19). The van der Waals surface area contributed by atoms with Crippen LogP contribution in [0.25, 0.3) is 0 Å². The van der Waals surface area contributed by atoms with Crippen molar-refractivity contribution >= 4 is 23.2 Å². The number of carbonyl (C=O) groups excluding carboxylic acids is 2. The Balaban J connectivity index is 2.19. The molecule has 0 saturated carbocycles. The van der Waals surface area contributed by atoms with Gasteiger partial charge in [-0.25, -0.2) is 0 Å². The lowest BCUT2D eigenvalue weighted by atomic mass is 10.0. The number of nitrogens with one attached hydrogen (secondary N) is 1. The van der Waals surface area contributed by atoms with Crippen LogP contribution in [-0.4, -0.2) is 25.5 Å². The Morgan fingerprint density at radius 1 is 1.40 bits per heavy atom. The van der Waals surface area contributed by atoms with Crippen LogP contribution in [0.3, 0.4) is 0 Å². The number of benzene rings is 1. The fourth-order valence-electron chi connectivity index (χ4n) is 2.25. The van der Waals surface area contributed by atoms with Crippen molar-refractivity contribution in [3.05, 3.63) is 18.2 Å². The number of hydrogen-bond acceptors (Lipinski definition) is 3. The molecule has 0 atom stereocenters. The lowest BCUT2D eigenvalue weighted by molar-refractivity contribution is -0.121. The lowest BCUT2D eigenvalue weighted by Crippen LogP contribution is -2.35. The highest BCUT2D eigenvalue weighted by Gasteiger charge is 2.23. The van der Waals surface area contributed by atoms with Crippen molar-refractivity contribution in [1.82, 2.24) is 0 Å². The van der Waals surface area contributed by atoms with E-state index >= 15 is 0 Å². The maximum absolute atomic E-state index is 12.1. The Morgan fingerprint density at radius 3 is 2.75 bits per heavy atom. The molecular formula is C15H20N2O3. The van der Waals surface area contributed by atoms with Crippen LogP contribution in [0.1, 0.15) is 26.7 Å². The number of rotatable bonds is 4. The van der Waals surface area contributed by atoms with Crippen molar-refractivity contribution in [2.45, 2.75) is 26.7 Å². The van der Waals surface area contributed by atoms with Crippen molar-refractivity contribution in [1.29, 1.82) is 0 Å². The van der Waals surface area contributed by atoms with E-state index < -0.39 is 0 Å². The van der Waals surface area contributed by atoms with Gasteiger partial charge in [-0.1, -0.05) is 13.8 Å². The minimum atomic E-state index is -0.0963. The second-order valence-electron chi connectivity index (χ2n) is 4.93. The third-order valence-corrected chi connectivity index (χ3v) is 3.67. The van der Waals surface area contributed by atoms with Crippen LogP contribution in [0.15, 0.2) is 18.2 Å². The molecular weight excluding hydrogens is 256 g/mol. The zero-order valence-corrected chi connectivity index (χ0v) is 12.1. The van der Waals surface area contributed by atoms with Crippen molar-refractivity contribution in [3.8, 4) is 5.75 Å². The number of anilines is 2. The third kappa shape index (κ3) is 2.76. The van der Waals surface area contributed by atoms with Crippen LogP contribution in [0.4, 0.5) is 11.4 Å². The average molecular weight is 276 g/mol. The highest BCUT2D eigenvalue weighted by atomic mass is 16.5. The van der Waals surface area contributed by atoms with Crippen molar-refractivity contribution in [2.75, 3.05) is 23.9 Å². The molecule has 1 aliphatic rings. The maximum Gasteiger partial charge on any atom is 0.264 e. The number of carbonyl (C=O) groups is 2. The summed E-state index contributed by atoms with van der Waals surface area (Å²) in [5.41, 5.74) is 1.37. The number of likely N-dealkylation sites (N-methyl/N-ethyl adjacent to an activating group) is 1. The first-order valence-electron chi connectivity index (χ1n) is 6.91. The summed E-state index contributed by atoms with van der Waals surface area (Å²) in [6.07, 6.45) is 1.63. The average Bonchev–Trinajstić information content (AvgIpc) is 2.45. The number of nitrogens with zero attached hydrogens (tertiary/aromatic N) is 1. The third-order valence-electron chi connectivity index (χ3n) is 3.67. The fourth-order valence-corrected chi connectivity index (χ4v) is 2.25. The number of fused-ring (bicyclic) bond motifs is 1. The highest BCUT2D eigenvalue weighted by Crippen LogP contribution is 2.33. The first-order chi connectivity index (χ1) is 9.56. The molecule has 1 aromatic rings. The van der Waals surface area contributed by atoms with Gasteiger partial charge in [0.15, 0.2) is 6.61 Å². The Bertz CT molecular complexity index is 524. The topological polar surface area (TPSA) is 58.6 Å². The maximum atomic E-state index is 12.1. The van der Waals surface area contributed by atoms with Gasteiger partial charge >= 0.3 is 0 Å². The SMILES string of the molecule is CCC(CC)C(=O)Nc1ccc2c(c1)N(C)C(=O)CO2.